The van der Waals surface area contributed by atoms with Crippen LogP contribution in [0.3, 0.4) is 0 Å². The van der Waals surface area contributed by atoms with E-state index in [-0.39, 0.29) is 0 Å². The van der Waals surface area contributed by atoms with Gasteiger partial charge >= 0.3 is 0 Å². The number of anilines is 1. The minimum absolute atomic E-state index is 0.778. The molecule has 0 saturated carbocycles. The molecule has 0 radical (unpaired) electrons. The number of nitrogens with zero attached hydrogens (tertiary/aromatic N) is 2. The second-order valence-electron chi connectivity index (χ2n) is 5.30. The van der Waals surface area contributed by atoms with E-state index in [1.165, 1.54) is 0 Å². The van der Waals surface area contributed by atoms with Crippen LogP contribution in [0.15, 0.2) is 59.7 Å². The van der Waals surface area contributed by atoms with Crippen LogP contribution in [0.2, 0.25) is 0 Å². The fourth-order valence-corrected chi connectivity index (χ4v) is 3.22. The van der Waals surface area contributed by atoms with Gasteiger partial charge in [0.1, 0.15) is 5.75 Å². The van der Waals surface area contributed by atoms with Crippen molar-refractivity contribution in [3.63, 3.8) is 0 Å². The average molecular weight is 337 g/mol. The van der Waals surface area contributed by atoms with Gasteiger partial charge in [-0.05, 0) is 26.0 Å². The van der Waals surface area contributed by atoms with Crippen molar-refractivity contribution in [2.45, 2.75) is 13.8 Å². The zero-order valence-electron chi connectivity index (χ0n) is 13.9. The summed E-state index contributed by atoms with van der Waals surface area (Å²) in [5, 5.41) is 5.23. The summed E-state index contributed by atoms with van der Waals surface area (Å²) >= 11 is 1.60. The zero-order valence-corrected chi connectivity index (χ0v) is 14.7. The van der Waals surface area contributed by atoms with E-state index in [4.69, 9.17) is 4.74 Å². The summed E-state index contributed by atoms with van der Waals surface area (Å²) in [6, 6.07) is 18.0. The Labute approximate surface area is 145 Å². The molecule has 3 rings (SSSR count). The van der Waals surface area contributed by atoms with Gasteiger partial charge in [-0.25, -0.2) is 4.98 Å². The molecule has 1 N–H and O–H groups in total. The smallest absolute Gasteiger partial charge is 0.204 e. The molecule has 0 aliphatic carbocycles. The quantitative estimate of drug-likeness (QED) is 0.528. The van der Waals surface area contributed by atoms with Crippen molar-refractivity contribution in [3.8, 4) is 17.0 Å². The highest BCUT2D eigenvalue weighted by atomic mass is 32.1. The number of hydrogen-bond acceptors (Lipinski definition) is 5. The first-order chi connectivity index (χ1) is 11.7. The molecule has 0 amide bonds. The molecule has 4 nitrogen and oxygen atoms in total. The maximum absolute atomic E-state index is 5.38. The molecule has 122 valence electrons. The predicted octanol–water partition coefficient (Wildman–Crippen LogP) is 4.96. The summed E-state index contributed by atoms with van der Waals surface area (Å²) in [4.78, 5) is 5.82. The topological polar surface area (TPSA) is 46.5 Å². The van der Waals surface area contributed by atoms with Gasteiger partial charge < -0.3 is 4.74 Å². The largest absolute Gasteiger partial charge is 0.496 e. The molecule has 0 aliphatic heterocycles. The van der Waals surface area contributed by atoms with Crippen LogP contribution in [0.25, 0.3) is 11.3 Å². The molecule has 0 atom stereocenters. The van der Waals surface area contributed by atoms with E-state index in [2.05, 4.69) is 34.6 Å². The number of hydrazone groups is 1. The first-order valence-electron chi connectivity index (χ1n) is 7.65. The summed E-state index contributed by atoms with van der Waals surface area (Å²) in [6.45, 7) is 4.02. The molecular formula is C19H19N3OS. The molecule has 0 spiro atoms. The third-order valence-corrected chi connectivity index (χ3v) is 4.54. The SMILES string of the molecule is COc1ccccc1/C(C)=N/Nc1nc(-c2ccccc2)c(C)s1. The maximum Gasteiger partial charge on any atom is 0.204 e. The van der Waals surface area contributed by atoms with Crippen LogP contribution in [0.4, 0.5) is 5.13 Å². The van der Waals surface area contributed by atoms with Crippen LogP contribution in [0.5, 0.6) is 5.75 Å². The van der Waals surface area contributed by atoms with Gasteiger partial charge in [0.25, 0.3) is 0 Å². The van der Waals surface area contributed by atoms with E-state index in [0.29, 0.717) is 0 Å². The van der Waals surface area contributed by atoms with Crippen molar-refractivity contribution in [2.75, 3.05) is 12.5 Å². The molecule has 1 heterocycles. The van der Waals surface area contributed by atoms with Crippen LogP contribution >= 0.6 is 11.3 Å². The van der Waals surface area contributed by atoms with E-state index < -0.39 is 0 Å². The van der Waals surface area contributed by atoms with E-state index in [1.807, 2.05) is 49.4 Å². The number of thiazole rings is 1. The molecule has 0 saturated heterocycles. The van der Waals surface area contributed by atoms with Crippen molar-refractivity contribution in [2.24, 2.45) is 5.10 Å². The molecule has 0 aliphatic rings. The van der Waals surface area contributed by atoms with Crippen LogP contribution < -0.4 is 10.2 Å². The molecule has 1 aromatic heterocycles. The lowest BCUT2D eigenvalue weighted by Crippen LogP contribution is -2.02. The van der Waals surface area contributed by atoms with Crippen molar-refractivity contribution in [1.29, 1.82) is 0 Å². The first-order valence-corrected chi connectivity index (χ1v) is 8.47. The van der Waals surface area contributed by atoms with Crippen LogP contribution in [-0.2, 0) is 0 Å². The Morgan fingerprint density at radius 1 is 1.08 bits per heavy atom. The van der Waals surface area contributed by atoms with Crippen molar-refractivity contribution < 1.29 is 4.74 Å². The van der Waals surface area contributed by atoms with Crippen LogP contribution in [0.1, 0.15) is 17.4 Å². The number of para-hydroxylation sites is 1. The lowest BCUT2D eigenvalue weighted by atomic mass is 10.1. The minimum Gasteiger partial charge on any atom is -0.496 e. The second kappa shape index (κ2) is 7.27. The van der Waals surface area contributed by atoms with Gasteiger partial charge in [0.2, 0.25) is 5.13 Å². The second-order valence-corrected chi connectivity index (χ2v) is 6.50. The Morgan fingerprint density at radius 2 is 1.79 bits per heavy atom. The predicted molar refractivity (Wildman–Crippen MR) is 101 cm³/mol. The van der Waals surface area contributed by atoms with Gasteiger partial charge in [0.15, 0.2) is 0 Å². The van der Waals surface area contributed by atoms with Gasteiger partial charge in [-0.15, -0.1) is 11.3 Å². The summed E-state index contributed by atoms with van der Waals surface area (Å²) in [6.07, 6.45) is 0. The molecule has 5 heteroatoms. The fourth-order valence-electron chi connectivity index (χ4n) is 2.44. The summed E-state index contributed by atoms with van der Waals surface area (Å²) in [5.41, 5.74) is 6.99. The number of methoxy groups -OCH3 is 1. The average Bonchev–Trinajstić information content (AvgIpc) is 3.01. The van der Waals surface area contributed by atoms with Gasteiger partial charge in [-0.1, -0.05) is 42.5 Å². The Hall–Kier alpha value is -2.66. The van der Waals surface area contributed by atoms with Gasteiger partial charge in [-0.3, -0.25) is 5.43 Å². The van der Waals surface area contributed by atoms with Gasteiger partial charge in [0.05, 0.1) is 18.5 Å². The lowest BCUT2D eigenvalue weighted by Gasteiger charge is -2.07. The van der Waals surface area contributed by atoms with Crippen LogP contribution in [0, 0.1) is 6.92 Å². The Morgan fingerprint density at radius 3 is 2.54 bits per heavy atom. The highest BCUT2D eigenvalue weighted by Crippen LogP contribution is 2.30. The van der Waals surface area contributed by atoms with Crippen LogP contribution in [-0.4, -0.2) is 17.8 Å². The summed E-state index contributed by atoms with van der Waals surface area (Å²) in [5.74, 6) is 0.806. The number of benzene rings is 2. The standard InChI is InChI=1S/C19H19N3OS/c1-13(16-11-7-8-12-17(16)23-3)21-22-19-20-18(14(2)24-19)15-9-5-4-6-10-15/h4-12H,1-3H3,(H,20,22)/b21-13+. The Bertz CT molecular complexity index is 856. The third kappa shape index (κ3) is 3.46. The first kappa shape index (κ1) is 16.2. The Balaban J connectivity index is 1.82. The molecule has 24 heavy (non-hydrogen) atoms. The number of rotatable bonds is 5. The van der Waals surface area contributed by atoms with E-state index >= 15 is 0 Å². The van der Waals surface area contributed by atoms with E-state index in [9.17, 15) is 0 Å². The zero-order chi connectivity index (χ0) is 16.9. The summed E-state index contributed by atoms with van der Waals surface area (Å²) < 4.78 is 5.38. The monoisotopic (exact) mass is 337 g/mol. The fraction of sp³-hybridized carbons (Fsp3) is 0.158. The van der Waals surface area contributed by atoms with Gasteiger partial charge in [-0.2, -0.15) is 5.10 Å². The van der Waals surface area contributed by atoms with Crippen molar-refractivity contribution in [1.82, 2.24) is 4.98 Å². The molecule has 2 aromatic carbocycles. The minimum atomic E-state index is 0.778. The van der Waals surface area contributed by atoms with Gasteiger partial charge in [0, 0.05) is 16.0 Å². The normalized spacial score (nSPS) is 11.4. The number of hydrogen-bond donors (Lipinski definition) is 1. The van der Waals surface area contributed by atoms with Crippen molar-refractivity contribution >= 4 is 22.2 Å². The lowest BCUT2D eigenvalue weighted by molar-refractivity contribution is 0.414. The number of nitrogens with one attached hydrogen (secondary N) is 1. The Kier molecular flexibility index (Phi) is 4.91. The van der Waals surface area contributed by atoms with E-state index in [0.717, 1.165) is 38.3 Å². The number of ether oxygens (including phenoxy) is 1. The number of aromatic nitrogens is 1. The summed E-state index contributed by atoms with van der Waals surface area (Å²) in [7, 11) is 1.66. The number of aryl methyl sites for hydroxylation is 1. The van der Waals surface area contributed by atoms with Crippen molar-refractivity contribution in [3.05, 3.63) is 65.0 Å². The third-order valence-electron chi connectivity index (χ3n) is 3.66. The van der Waals surface area contributed by atoms with E-state index in [1.54, 1.807) is 18.4 Å². The highest BCUT2D eigenvalue weighted by Gasteiger charge is 2.10. The molecule has 0 bridgehead atoms. The molecule has 0 unspecified atom stereocenters. The molecule has 0 fully saturated rings. The highest BCUT2D eigenvalue weighted by molar-refractivity contribution is 7.16. The molecule has 3 aromatic rings. The maximum atomic E-state index is 5.38. The molecular weight excluding hydrogens is 318 g/mol.